The molecule has 11 unspecified atom stereocenters. The van der Waals surface area contributed by atoms with Gasteiger partial charge in [-0.25, -0.2) is 0 Å². The van der Waals surface area contributed by atoms with Gasteiger partial charge in [-0.3, -0.25) is 4.79 Å². The van der Waals surface area contributed by atoms with Gasteiger partial charge in [-0.2, -0.15) is 0 Å². The number of phenols is 2. The van der Waals surface area contributed by atoms with Crippen molar-refractivity contribution in [1.29, 1.82) is 0 Å². The van der Waals surface area contributed by atoms with Crippen molar-refractivity contribution in [2.75, 3.05) is 20.8 Å². The van der Waals surface area contributed by atoms with Crippen LogP contribution in [0.25, 0.3) is 0 Å². The second kappa shape index (κ2) is 13.0. The van der Waals surface area contributed by atoms with Crippen molar-refractivity contribution < 1.29 is 73.7 Å². The highest BCUT2D eigenvalue weighted by atomic mass is 16.7. The molecule has 2 fully saturated rings. The summed E-state index contributed by atoms with van der Waals surface area (Å²) in [5.74, 6) is -0.858. The summed E-state index contributed by atoms with van der Waals surface area (Å²) in [4.78, 5) is 12.9. The highest BCUT2D eigenvalue weighted by Crippen LogP contribution is 2.43. The summed E-state index contributed by atoms with van der Waals surface area (Å²) in [6.45, 7) is 1.13. The van der Waals surface area contributed by atoms with E-state index in [9.17, 15) is 40.5 Å². The summed E-state index contributed by atoms with van der Waals surface area (Å²) < 4.78 is 39.0. The second-order valence-electron chi connectivity index (χ2n) is 10.8. The van der Waals surface area contributed by atoms with Gasteiger partial charge in [-0.1, -0.05) is 6.07 Å². The molecule has 7 N–H and O–H groups in total. The Kier molecular flexibility index (Phi) is 9.50. The number of phenolic OH excluding ortho intramolecular Hbond substituents is 2. The first-order valence-corrected chi connectivity index (χ1v) is 13.9. The molecule has 0 aliphatic carbocycles. The molecule has 242 valence electrons. The molecule has 3 heterocycles. The summed E-state index contributed by atoms with van der Waals surface area (Å²) in [6.07, 6.45) is -14.5. The summed E-state index contributed by atoms with van der Waals surface area (Å²) in [5.41, 5.74) is 0.411. The lowest BCUT2D eigenvalue weighted by Gasteiger charge is -2.43. The zero-order chi connectivity index (χ0) is 31.9. The van der Waals surface area contributed by atoms with Crippen LogP contribution in [0.3, 0.4) is 0 Å². The average molecular weight is 625 g/mol. The maximum absolute atomic E-state index is 12.9. The van der Waals surface area contributed by atoms with Crippen LogP contribution >= 0.6 is 0 Å². The van der Waals surface area contributed by atoms with Gasteiger partial charge in [0.2, 0.25) is 6.29 Å². The Labute approximate surface area is 251 Å². The van der Waals surface area contributed by atoms with Crippen LogP contribution in [0.2, 0.25) is 0 Å². The monoisotopic (exact) mass is 624 g/mol. The standard InChI is InChI=1S/C29H36O15/c1-11-22(33)23(34)25(36)28(41-11)40-10-20-27(39-3)24(35)26(37)29(44-20)42-13-7-15(31)21-16(32)9-18(43-19(21)8-13)12-4-5-17(38-2)14(30)6-12/h4-8,11,18,20,22-31,33-37H,9-10H2,1-3H3. The number of ether oxygens (including phenoxy) is 7. The van der Waals surface area contributed by atoms with E-state index in [0.717, 1.165) is 6.07 Å². The number of carbonyl (C=O) groups is 1. The molecule has 0 bridgehead atoms. The molecule has 0 saturated carbocycles. The maximum atomic E-state index is 12.9. The van der Waals surface area contributed by atoms with Crippen LogP contribution < -0.4 is 14.2 Å². The van der Waals surface area contributed by atoms with E-state index in [0.29, 0.717) is 5.56 Å². The largest absolute Gasteiger partial charge is 0.507 e. The molecule has 3 aliphatic heterocycles. The molecule has 2 aromatic rings. The number of rotatable bonds is 8. The Balaban J connectivity index is 1.32. The number of fused-ring (bicyclic) bond motifs is 1. The normalized spacial score (nSPS) is 35.5. The Hall–Kier alpha value is -3.25. The molecule has 0 aromatic heterocycles. The van der Waals surface area contributed by atoms with Gasteiger partial charge in [0.1, 0.15) is 71.6 Å². The lowest BCUT2D eigenvalue weighted by Crippen LogP contribution is -2.62. The molecule has 2 aromatic carbocycles. The quantitative estimate of drug-likeness (QED) is 0.197. The van der Waals surface area contributed by atoms with Crippen LogP contribution in [0.15, 0.2) is 30.3 Å². The third kappa shape index (κ3) is 6.15. The molecule has 0 spiro atoms. The van der Waals surface area contributed by atoms with Crippen molar-refractivity contribution >= 4 is 5.78 Å². The molecule has 11 atom stereocenters. The third-order valence-corrected chi connectivity index (χ3v) is 7.95. The average Bonchev–Trinajstić information content (AvgIpc) is 2.99. The third-order valence-electron chi connectivity index (χ3n) is 7.95. The van der Waals surface area contributed by atoms with Gasteiger partial charge in [-0.15, -0.1) is 0 Å². The Morgan fingerprint density at radius 2 is 1.59 bits per heavy atom. The van der Waals surface area contributed by atoms with Crippen molar-refractivity contribution in [2.24, 2.45) is 0 Å². The molecule has 0 amide bonds. The number of hydrogen-bond acceptors (Lipinski definition) is 15. The van der Waals surface area contributed by atoms with Crippen molar-refractivity contribution in [3.8, 4) is 28.7 Å². The van der Waals surface area contributed by atoms with E-state index in [1.807, 2.05) is 0 Å². The number of Topliss-reactive ketones (excluding diaryl/α,β-unsaturated/α-hetero) is 1. The number of benzene rings is 2. The molecule has 3 aliphatic rings. The second-order valence-corrected chi connectivity index (χ2v) is 10.8. The SMILES string of the molecule is COc1ccc(C2CC(=O)c3c(O)cc(OC4OC(COC5OC(C)C(O)C(O)C5O)C(OC)C(O)C4O)cc3O2)cc1O. The van der Waals surface area contributed by atoms with E-state index >= 15 is 0 Å². The van der Waals surface area contributed by atoms with E-state index in [1.54, 1.807) is 6.07 Å². The number of aliphatic hydroxyl groups excluding tert-OH is 5. The minimum Gasteiger partial charge on any atom is -0.507 e. The first-order valence-electron chi connectivity index (χ1n) is 13.9. The fourth-order valence-corrected chi connectivity index (χ4v) is 5.48. The molecular weight excluding hydrogens is 588 g/mol. The van der Waals surface area contributed by atoms with Crippen molar-refractivity contribution in [3.05, 3.63) is 41.5 Å². The van der Waals surface area contributed by atoms with Gasteiger partial charge in [0, 0.05) is 19.2 Å². The minimum absolute atomic E-state index is 0.0182. The van der Waals surface area contributed by atoms with Gasteiger partial charge in [0.15, 0.2) is 23.6 Å². The van der Waals surface area contributed by atoms with Gasteiger partial charge < -0.3 is 68.9 Å². The van der Waals surface area contributed by atoms with Gasteiger partial charge in [0.25, 0.3) is 0 Å². The summed E-state index contributed by atoms with van der Waals surface area (Å²) >= 11 is 0. The van der Waals surface area contributed by atoms with Crippen LogP contribution in [-0.2, 0) is 18.9 Å². The maximum Gasteiger partial charge on any atom is 0.229 e. The van der Waals surface area contributed by atoms with Crippen molar-refractivity contribution in [2.45, 2.75) is 80.9 Å². The first-order chi connectivity index (χ1) is 20.9. The summed E-state index contributed by atoms with van der Waals surface area (Å²) in [6, 6.07) is 7.02. The van der Waals surface area contributed by atoms with Gasteiger partial charge >= 0.3 is 0 Å². The number of ketones is 1. The summed E-state index contributed by atoms with van der Waals surface area (Å²) in [5, 5.41) is 72.6. The zero-order valence-corrected chi connectivity index (χ0v) is 24.0. The predicted octanol–water partition coefficient (Wildman–Crippen LogP) is -0.503. The first kappa shape index (κ1) is 32.2. The number of methoxy groups -OCH3 is 2. The van der Waals surface area contributed by atoms with E-state index in [2.05, 4.69) is 0 Å². The number of carbonyl (C=O) groups excluding carboxylic acids is 1. The predicted molar refractivity (Wildman–Crippen MR) is 145 cm³/mol. The molecular formula is C29H36O15. The van der Waals surface area contributed by atoms with Crippen LogP contribution in [0.4, 0.5) is 0 Å². The van der Waals surface area contributed by atoms with Crippen molar-refractivity contribution in [3.63, 3.8) is 0 Å². The van der Waals surface area contributed by atoms with Crippen molar-refractivity contribution in [1.82, 2.24) is 0 Å². The van der Waals surface area contributed by atoms with Gasteiger partial charge in [0.05, 0.1) is 26.2 Å². The molecule has 0 radical (unpaired) electrons. The van der Waals surface area contributed by atoms with Crippen LogP contribution in [0, 0.1) is 0 Å². The topological polar surface area (TPSA) is 223 Å². The van der Waals surface area contributed by atoms with Crippen LogP contribution in [0.1, 0.15) is 35.4 Å². The van der Waals surface area contributed by atoms with Crippen LogP contribution in [-0.4, -0.2) is 124 Å². The fourth-order valence-electron chi connectivity index (χ4n) is 5.48. The van der Waals surface area contributed by atoms with E-state index in [4.69, 9.17) is 33.2 Å². The highest BCUT2D eigenvalue weighted by molar-refractivity contribution is 6.02. The van der Waals surface area contributed by atoms with E-state index in [1.165, 1.54) is 39.3 Å². The minimum atomic E-state index is -1.64. The lowest BCUT2D eigenvalue weighted by atomic mass is 9.95. The highest BCUT2D eigenvalue weighted by Gasteiger charge is 2.48. The number of aliphatic hydroxyl groups is 5. The number of aromatic hydroxyl groups is 2. The molecule has 15 heteroatoms. The Morgan fingerprint density at radius 1 is 0.864 bits per heavy atom. The zero-order valence-electron chi connectivity index (χ0n) is 24.0. The summed E-state index contributed by atoms with van der Waals surface area (Å²) in [7, 11) is 2.68. The van der Waals surface area contributed by atoms with E-state index < -0.39 is 79.0 Å². The lowest BCUT2D eigenvalue weighted by molar-refractivity contribution is -0.320. The van der Waals surface area contributed by atoms with E-state index in [-0.39, 0.29) is 41.6 Å². The fraction of sp³-hybridized carbons (Fsp3) is 0.552. The Morgan fingerprint density at radius 3 is 2.27 bits per heavy atom. The molecule has 2 saturated heterocycles. The molecule has 5 rings (SSSR count). The Bertz CT molecular complexity index is 1340. The van der Waals surface area contributed by atoms with Gasteiger partial charge in [-0.05, 0) is 24.6 Å². The smallest absolute Gasteiger partial charge is 0.229 e. The molecule has 44 heavy (non-hydrogen) atoms. The van der Waals surface area contributed by atoms with Crippen LogP contribution in [0.5, 0.6) is 28.7 Å². The molecule has 15 nitrogen and oxygen atoms in total. The number of hydrogen-bond donors (Lipinski definition) is 7.